The van der Waals surface area contributed by atoms with Gasteiger partial charge in [0, 0.05) is 18.2 Å². The lowest BCUT2D eigenvalue weighted by molar-refractivity contribution is -0.122. The Morgan fingerprint density at radius 3 is 2.41 bits per heavy atom. The van der Waals surface area contributed by atoms with Gasteiger partial charge in [0.2, 0.25) is 5.91 Å². The standard InChI is InChI=1S/C24H40NO3S/c1-8-17-13-18(23(2,3)16-26)15-19(14-17)25-22(27)24(4,5)29(7)21-11-9-20(28-6)10-12-21/h7,13,15,17,20-21,26H,8-12,14,16H2,1-6H3,(H,25,27)/q-1. The molecule has 5 heteroatoms. The number of hydrogen-bond acceptors (Lipinski definition) is 4. The number of allylic oxidation sites excluding steroid dienone is 3. The summed E-state index contributed by atoms with van der Waals surface area (Å²) < 4.78 is 4.85. The molecule has 166 valence electrons. The van der Waals surface area contributed by atoms with Crippen LogP contribution in [0.4, 0.5) is 0 Å². The van der Waals surface area contributed by atoms with Crippen LogP contribution in [0, 0.1) is 17.0 Å². The molecule has 1 fully saturated rings. The summed E-state index contributed by atoms with van der Waals surface area (Å²) in [5.41, 5.74) is 8.36. The second-order valence-electron chi connectivity index (χ2n) is 9.68. The van der Waals surface area contributed by atoms with E-state index in [2.05, 4.69) is 24.4 Å². The number of nitrogens with one attached hydrogen (secondary N) is 1. The van der Waals surface area contributed by atoms with Gasteiger partial charge in [-0.1, -0.05) is 53.5 Å². The van der Waals surface area contributed by atoms with E-state index < -0.39 is 15.0 Å². The number of aliphatic hydroxyl groups excluding tert-OH is 1. The van der Waals surface area contributed by atoms with Crippen molar-refractivity contribution in [2.24, 2.45) is 11.3 Å². The maximum Gasteiger partial charge on any atom is 0.209 e. The van der Waals surface area contributed by atoms with E-state index in [1.807, 2.05) is 27.7 Å². The largest absolute Gasteiger partial charge is 0.440 e. The third kappa shape index (κ3) is 5.79. The van der Waals surface area contributed by atoms with Crippen LogP contribution >= 0.6 is 0 Å². The van der Waals surface area contributed by atoms with Gasteiger partial charge in [-0.3, -0.25) is 4.79 Å². The Morgan fingerprint density at radius 1 is 1.28 bits per heavy atom. The number of hydrogen-bond donors (Lipinski definition) is 2. The highest BCUT2D eigenvalue weighted by atomic mass is 32.2. The molecule has 0 saturated heterocycles. The van der Waals surface area contributed by atoms with Crippen LogP contribution in [0.25, 0.3) is 0 Å². The Morgan fingerprint density at radius 2 is 1.90 bits per heavy atom. The van der Waals surface area contributed by atoms with Crippen molar-refractivity contribution < 1.29 is 14.6 Å². The zero-order valence-electron chi connectivity index (χ0n) is 19.1. The van der Waals surface area contributed by atoms with Gasteiger partial charge in [-0.2, -0.15) is 0 Å². The molecule has 0 aromatic rings. The van der Waals surface area contributed by atoms with E-state index in [-0.39, 0.29) is 17.9 Å². The van der Waals surface area contributed by atoms with Gasteiger partial charge in [-0.05, 0) is 48.0 Å². The van der Waals surface area contributed by atoms with E-state index in [1.54, 1.807) is 7.11 Å². The highest BCUT2D eigenvalue weighted by Crippen LogP contribution is 2.35. The molecule has 2 aliphatic carbocycles. The normalized spacial score (nSPS) is 26.1. The fraction of sp³-hybridized carbons (Fsp3) is 0.750. The molecule has 2 aliphatic rings. The van der Waals surface area contributed by atoms with Gasteiger partial charge in [0.25, 0.3) is 0 Å². The van der Waals surface area contributed by atoms with Gasteiger partial charge in [0.15, 0.2) is 0 Å². The predicted molar refractivity (Wildman–Crippen MR) is 123 cm³/mol. The lowest BCUT2D eigenvalue weighted by Gasteiger charge is -2.46. The van der Waals surface area contributed by atoms with Crippen molar-refractivity contribution in [3.05, 3.63) is 23.4 Å². The first-order chi connectivity index (χ1) is 13.5. The second kappa shape index (κ2) is 9.87. The summed E-state index contributed by atoms with van der Waals surface area (Å²) in [5.74, 6) is 0.376. The van der Waals surface area contributed by atoms with E-state index in [0.717, 1.165) is 49.8 Å². The molecule has 0 aromatic carbocycles. The number of carbonyl (C=O) groups is 1. The molecule has 29 heavy (non-hydrogen) atoms. The SMILES string of the molecule is C#[S-](C1CCC(OC)CC1)C(C)(C)C(=O)NC1=CC(C(C)(C)CO)=CC(CC)C1. The van der Waals surface area contributed by atoms with Crippen LogP contribution < -0.4 is 5.32 Å². The summed E-state index contributed by atoms with van der Waals surface area (Å²) in [4.78, 5) is 13.2. The van der Waals surface area contributed by atoms with Gasteiger partial charge in [-0.25, -0.2) is 0 Å². The van der Waals surface area contributed by atoms with Crippen molar-refractivity contribution in [3.8, 4) is 5.69 Å². The maximum atomic E-state index is 13.2. The molecule has 2 rings (SSSR count). The Hall–Kier alpha value is -1.00. The Bertz CT molecular complexity index is 718. The Labute approximate surface area is 179 Å². The fourth-order valence-corrected chi connectivity index (χ4v) is 5.97. The molecule has 0 heterocycles. The molecule has 0 bridgehead atoms. The first kappa shape index (κ1) is 24.3. The zero-order chi connectivity index (χ0) is 21.8. The van der Waals surface area contributed by atoms with Crippen molar-refractivity contribution >= 4 is 16.2 Å². The minimum atomic E-state index is -0.624. The minimum Gasteiger partial charge on any atom is -0.440 e. The van der Waals surface area contributed by atoms with Crippen LogP contribution in [0.2, 0.25) is 0 Å². The van der Waals surface area contributed by atoms with Crippen molar-refractivity contribution in [1.29, 1.82) is 0 Å². The number of aliphatic hydroxyl groups is 1. The minimum absolute atomic E-state index is 0.00126. The summed E-state index contributed by atoms with van der Waals surface area (Å²) in [7, 11) is 1.27. The topological polar surface area (TPSA) is 58.6 Å². The molecular formula is C24H40NO3S-. The van der Waals surface area contributed by atoms with E-state index in [1.165, 1.54) is 0 Å². The summed E-state index contributed by atoms with van der Waals surface area (Å²) in [6.45, 7) is 10.3. The van der Waals surface area contributed by atoms with E-state index in [4.69, 9.17) is 10.4 Å². The second-order valence-corrected chi connectivity index (χ2v) is 12.1. The molecule has 0 aromatic heterocycles. The monoisotopic (exact) mass is 422 g/mol. The van der Waals surface area contributed by atoms with Gasteiger partial charge in [-0.15, -0.1) is 5.25 Å². The van der Waals surface area contributed by atoms with E-state index >= 15 is 0 Å². The molecule has 1 unspecified atom stereocenters. The summed E-state index contributed by atoms with van der Waals surface area (Å²) in [5, 5.41) is 13.3. The van der Waals surface area contributed by atoms with Crippen LogP contribution in [-0.2, 0) is 19.8 Å². The first-order valence-corrected chi connectivity index (χ1v) is 12.3. The number of rotatable bonds is 6. The van der Waals surface area contributed by atoms with Crippen LogP contribution in [0.3, 0.4) is 0 Å². The molecule has 0 spiro atoms. The average Bonchev–Trinajstić information content (AvgIpc) is 2.72. The zero-order valence-corrected chi connectivity index (χ0v) is 19.9. The van der Waals surface area contributed by atoms with Gasteiger partial charge in [0.1, 0.15) is 0 Å². The highest BCUT2D eigenvalue weighted by Gasteiger charge is 2.29. The van der Waals surface area contributed by atoms with Crippen molar-refractivity contribution in [3.63, 3.8) is 0 Å². The molecule has 1 atom stereocenters. The molecular weight excluding hydrogens is 382 g/mol. The van der Waals surface area contributed by atoms with Crippen LogP contribution in [0.5, 0.6) is 0 Å². The lowest BCUT2D eigenvalue weighted by atomic mass is 9.78. The van der Waals surface area contributed by atoms with Gasteiger partial charge < -0.3 is 31.2 Å². The molecule has 1 amide bonds. The Kier molecular flexibility index (Phi) is 8.26. The smallest absolute Gasteiger partial charge is 0.209 e. The molecule has 2 N–H and O–H groups in total. The van der Waals surface area contributed by atoms with Crippen LogP contribution in [-0.4, -0.2) is 40.8 Å². The van der Waals surface area contributed by atoms with Crippen molar-refractivity contribution in [2.75, 3.05) is 13.7 Å². The Balaban J connectivity index is 2.11. The van der Waals surface area contributed by atoms with Gasteiger partial charge >= 0.3 is 0 Å². The number of amides is 1. The third-order valence-corrected chi connectivity index (χ3v) is 9.21. The molecule has 1 saturated carbocycles. The van der Waals surface area contributed by atoms with Gasteiger partial charge in [0.05, 0.1) is 12.7 Å². The number of methoxy groups -OCH3 is 1. The fourth-order valence-electron chi connectivity index (χ4n) is 4.09. The van der Waals surface area contributed by atoms with Crippen molar-refractivity contribution in [1.82, 2.24) is 5.32 Å². The van der Waals surface area contributed by atoms with Crippen molar-refractivity contribution in [2.45, 2.75) is 89.2 Å². The quantitative estimate of drug-likeness (QED) is 0.627. The first-order valence-electron chi connectivity index (χ1n) is 10.9. The van der Waals surface area contributed by atoms with Crippen LogP contribution in [0.15, 0.2) is 23.4 Å². The average molecular weight is 423 g/mol. The van der Waals surface area contributed by atoms with E-state index in [9.17, 15) is 9.90 Å². The molecule has 0 radical (unpaired) electrons. The number of carbonyl (C=O) groups excluding carboxylic acids is 1. The maximum absolute atomic E-state index is 13.2. The summed E-state index contributed by atoms with van der Waals surface area (Å²) >= 11 is 0. The molecule has 4 nitrogen and oxygen atoms in total. The lowest BCUT2D eigenvalue weighted by Crippen LogP contribution is -2.48. The third-order valence-electron chi connectivity index (χ3n) is 6.65. The molecule has 0 aliphatic heterocycles. The summed E-state index contributed by atoms with van der Waals surface area (Å²) in [6.07, 6.45) is 10.5. The number of ether oxygens (including phenoxy) is 1. The summed E-state index contributed by atoms with van der Waals surface area (Å²) in [6, 6.07) is 0. The predicted octanol–water partition coefficient (Wildman–Crippen LogP) is 4.30. The highest BCUT2D eigenvalue weighted by molar-refractivity contribution is 7.89. The van der Waals surface area contributed by atoms with Crippen LogP contribution in [0.1, 0.15) is 73.1 Å². The van der Waals surface area contributed by atoms with E-state index in [0.29, 0.717) is 17.3 Å².